The van der Waals surface area contributed by atoms with E-state index in [0.717, 1.165) is 0 Å². The lowest BCUT2D eigenvalue weighted by Gasteiger charge is -2.02. The van der Waals surface area contributed by atoms with Gasteiger partial charge in [0.1, 0.15) is 5.75 Å². The number of rotatable bonds is 5. The van der Waals surface area contributed by atoms with Crippen LogP contribution in [0.2, 0.25) is 0 Å². The van der Waals surface area contributed by atoms with Gasteiger partial charge in [-0.3, -0.25) is 0 Å². The number of ether oxygens (including phenoxy) is 1. The molecule has 21 heavy (non-hydrogen) atoms. The number of aromatic amines is 1. The molecule has 1 aromatic carbocycles. The second kappa shape index (κ2) is 5.68. The summed E-state index contributed by atoms with van der Waals surface area (Å²) < 4.78 is 33.9. The molecule has 0 bridgehead atoms. The fourth-order valence-corrected chi connectivity index (χ4v) is 2.46. The van der Waals surface area contributed by atoms with Crippen molar-refractivity contribution in [3.8, 4) is 5.75 Å². The number of imidazole rings is 1. The molecular weight excluding hydrogens is 302 g/mol. The molecule has 110 valence electrons. The number of thioether (sulfide) groups is 1. The minimum Gasteiger partial charge on any atom is -0.435 e. The van der Waals surface area contributed by atoms with Gasteiger partial charge < -0.3 is 14.1 Å². The first kappa shape index (κ1) is 13.8. The average molecular weight is 312 g/mol. The van der Waals surface area contributed by atoms with E-state index >= 15 is 0 Å². The molecule has 1 N–H and O–H groups in total. The number of halogens is 2. The third-order valence-electron chi connectivity index (χ3n) is 2.56. The van der Waals surface area contributed by atoms with Crippen molar-refractivity contribution in [2.24, 2.45) is 0 Å². The van der Waals surface area contributed by atoms with Crippen LogP contribution in [0, 0.1) is 6.92 Å². The Morgan fingerprint density at radius 3 is 2.95 bits per heavy atom. The van der Waals surface area contributed by atoms with Gasteiger partial charge in [0.2, 0.25) is 11.8 Å². The predicted molar refractivity (Wildman–Crippen MR) is 71.3 cm³/mol. The largest absolute Gasteiger partial charge is 0.435 e. The zero-order chi connectivity index (χ0) is 14.8. The summed E-state index contributed by atoms with van der Waals surface area (Å²) >= 11 is 1.38. The van der Waals surface area contributed by atoms with E-state index in [9.17, 15) is 8.78 Å². The number of aromatic nitrogens is 4. The molecule has 2 heterocycles. The highest BCUT2D eigenvalue weighted by Crippen LogP contribution is 2.25. The van der Waals surface area contributed by atoms with Crippen LogP contribution in [0.25, 0.3) is 11.0 Å². The highest BCUT2D eigenvalue weighted by atomic mass is 32.2. The van der Waals surface area contributed by atoms with Gasteiger partial charge in [0.15, 0.2) is 5.16 Å². The van der Waals surface area contributed by atoms with Gasteiger partial charge in [0, 0.05) is 13.0 Å². The van der Waals surface area contributed by atoms with E-state index in [2.05, 4.69) is 24.9 Å². The maximum atomic E-state index is 12.2. The quantitative estimate of drug-likeness (QED) is 0.729. The molecule has 3 aromatic rings. The van der Waals surface area contributed by atoms with Gasteiger partial charge in [-0.1, -0.05) is 11.8 Å². The van der Waals surface area contributed by atoms with Crippen LogP contribution in [0.15, 0.2) is 27.8 Å². The minimum absolute atomic E-state index is 0.0882. The average Bonchev–Trinajstić information content (AvgIpc) is 3.01. The van der Waals surface area contributed by atoms with E-state index in [0.29, 0.717) is 33.7 Å². The standard InChI is InChI=1S/C12H10F2N4O2S/c1-6-17-18-10(19-6)5-21-12-15-8-3-2-7(20-11(13)14)4-9(8)16-12/h2-4,11H,5H2,1H3,(H,15,16). The van der Waals surface area contributed by atoms with Gasteiger partial charge >= 0.3 is 6.61 Å². The summed E-state index contributed by atoms with van der Waals surface area (Å²) in [4.78, 5) is 7.35. The van der Waals surface area contributed by atoms with E-state index in [1.807, 2.05) is 0 Å². The number of aryl methyl sites for hydroxylation is 1. The van der Waals surface area contributed by atoms with E-state index in [4.69, 9.17) is 4.42 Å². The maximum absolute atomic E-state index is 12.2. The van der Waals surface area contributed by atoms with Gasteiger partial charge in [-0.2, -0.15) is 8.78 Å². The van der Waals surface area contributed by atoms with Crippen molar-refractivity contribution >= 4 is 22.8 Å². The number of benzene rings is 1. The zero-order valence-electron chi connectivity index (χ0n) is 10.8. The van der Waals surface area contributed by atoms with Crippen LogP contribution in [0.4, 0.5) is 8.78 Å². The lowest BCUT2D eigenvalue weighted by molar-refractivity contribution is -0.0497. The molecule has 0 spiro atoms. The van der Waals surface area contributed by atoms with Crippen molar-refractivity contribution in [2.45, 2.75) is 24.4 Å². The van der Waals surface area contributed by atoms with Crippen molar-refractivity contribution in [3.63, 3.8) is 0 Å². The van der Waals surface area contributed by atoms with Crippen LogP contribution in [0.1, 0.15) is 11.8 Å². The first-order chi connectivity index (χ1) is 10.1. The van der Waals surface area contributed by atoms with Crippen LogP contribution < -0.4 is 4.74 Å². The Hall–Kier alpha value is -2.16. The second-order valence-electron chi connectivity index (χ2n) is 4.10. The fraction of sp³-hybridized carbons (Fsp3) is 0.250. The fourth-order valence-electron chi connectivity index (χ4n) is 1.74. The van der Waals surface area contributed by atoms with Crippen molar-refractivity contribution in [1.29, 1.82) is 0 Å². The summed E-state index contributed by atoms with van der Waals surface area (Å²) in [6, 6.07) is 4.55. The van der Waals surface area contributed by atoms with E-state index in [1.165, 1.54) is 23.9 Å². The Morgan fingerprint density at radius 1 is 1.38 bits per heavy atom. The Labute approximate surface area is 121 Å². The van der Waals surface area contributed by atoms with Gasteiger partial charge in [-0.05, 0) is 12.1 Å². The van der Waals surface area contributed by atoms with Crippen LogP contribution in [-0.4, -0.2) is 26.8 Å². The molecule has 0 aliphatic rings. The number of alkyl halides is 2. The highest BCUT2D eigenvalue weighted by molar-refractivity contribution is 7.98. The van der Waals surface area contributed by atoms with Crippen molar-refractivity contribution in [1.82, 2.24) is 20.2 Å². The molecule has 0 saturated carbocycles. The monoisotopic (exact) mass is 312 g/mol. The number of nitrogens with zero attached hydrogens (tertiary/aromatic N) is 3. The number of H-pyrrole nitrogens is 1. The van der Waals surface area contributed by atoms with Gasteiger partial charge in [0.05, 0.1) is 16.8 Å². The highest BCUT2D eigenvalue weighted by Gasteiger charge is 2.09. The molecule has 6 nitrogen and oxygen atoms in total. The first-order valence-corrected chi connectivity index (χ1v) is 6.95. The Balaban J connectivity index is 1.74. The molecule has 0 unspecified atom stereocenters. The number of fused-ring (bicyclic) bond motifs is 1. The number of hydrogen-bond donors (Lipinski definition) is 1. The molecule has 0 saturated heterocycles. The van der Waals surface area contributed by atoms with E-state index in [1.54, 1.807) is 13.0 Å². The summed E-state index contributed by atoms with van der Waals surface area (Å²) in [7, 11) is 0. The Morgan fingerprint density at radius 2 is 2.24 bits per heavy atom. The van der Waals surface area contributed by atoms with Gasteiger partial charge in [0.25, 0.3) is 0 Å². The van der Waals surface area contributed by atoms with E-state index < -0.39 is 6.61 Å². The third-order valence-corrected chi connectivity index (χ3v) is 3.42. The number of hydrogen-bond acceptors (Lipinski definition) is 6. The zero-order valence-corrected chi connectivity index (χ0v) is 11.7. The molecule has 2 aromatic heterocycles. The molecule has 3 rings (SSSR count). The Kier molecular flexibility index (Phi) is 3.74. The van der Waals surface area contributed by atoms with Crippen LogP contribution in [-0.2, 0) is 5.75 Å². The van der Waals surface area contributed by atoms with Crippen LogP contribution in [0.5, 0.6) is 5.75 Å². The lowest BCUT2D eigenvalue weighted by atomic mass is 10.3. The van der Waals surface area contributed by atoms with E-state index in [-0.39, 0.29) is 5.75 Å². The summed E-state index contributed by atoms with van der Waals surface area (Å²) in [5.41, 5.74) is 1.29. The van der Waals surface area contributed by atoms with Gasteiger partial charge in [-0.25, -0.2) is 4.98 Å². The number of nitrogens with one attached hydrogen (secondary N) is 1. The van der Waals surface area contributed by atoms with Crippen molar-refractivity contribution in [2.75, 3.05) is 0 Å². The summed E-state index contributed by atoms with van der Waals surface area (Å²) in [6.45, 7) is -1.13. The smallest absolute Gasteiger partial charge is 0.387 e. The third kappa shape index (κ3) is 3.30. The second-order valence-corrected chi connectivity index (χ2v) is 5.07. The molecular formula is C12H10F2N4O2S. The first-order valence-electron chi connectivity index (χ1n) is 5.96. The van der Waals surface area contributed by atoms with Crippen LogP contribution in [0.3, 0.4) is 0 Å². The normalized spacial score (nSPS) is 11.4. The lowest BCUT2D eigenvalue weighted by Crippen LogP contribution is -2.01. The summed E-state index contributed by atoms with van der Waals surface area (Å²) in [5, 5.41) is 8.25. The minimum atomic E-state index is -2.85. The SMILES string of the molecule is Cc1nnc(CSc2nc3ccc(OC(F)F)cc3[nH]2)o1. The summed E-state index contributed by atoms with van der Waals surface area (Å²) in [6.07, 6.45) is 0. The molecule has 0 aliphatic carbocycles. The molecule has 0 atom stereocenters. The molecule has 0 radical (unpaired) electrons. The van der Waals surface area contributed by atoms with Gasteiger partial charge in [-0.15, -0.1) is 10.2 Å². The Bertz CT molecular complexity index is 759. The molecule has 0 aliphatic heterocycles. The van der Waals surface area contributed by atoms with Crippen molar-refractivity contribution < 1.29 is 17.9 Å². The predicted octanol–water partition coefficient (Wildman–Crippen LogP) is 3.15. The molecule has 0 amide bonds. The molecule has 9 heteroatoms. The van der Waals surface area contributed by atoms with Crippen molar-refractivity contribution in [3.05, 3.63) is 30.0 Å². The maximum Gasteiger partial charge on any atom is 0.387 e. The molecule has 0 fully saturated rings. The van der Waals surface area contributed by atoms with Crippen LogP contribution >= 0.6 is 11.8 Å². The topological polar surface area (TPSA) is 76.8 Å². The summed E-state index contributed by atoms with van der Waals surface area (Å²) in [5.74, 6) is 1.56.